The third-order valence-corrected chi connectivity index (χ3v) is 4.03. The molecule has 0 aliphatic rings. The Morgan fingerprint density at radius 3 is 2.65 bits per heavy atom. The molecule has 1 N–H and O–H groups in total. The van der Waals surface area contributed by atoms with Crippen LogP contribution in [0.15, 0.2) is 12.1 Å². The summed E-state index contributed by atoms with van der Waals surface area (Å²) in [6.45, 7) is 3.47. The van der Waals surface area contributed by atoms with Crippen LogP contribution in [-0.2, 0) is 0 Å². The van der Waals surface area contributed by atoms with Crippen molar-refractivity contribution in [2.24, 2.45) is 0 Å². The van der Waals surface area contributed by atoms with E-state index in [9.17, 15) is 4.79 Å². The van der Waals surface area contributed by atoms with E-state index in [2.05, 4.69) is 17.0 Å². The number of benzene rings is 1. The molecular formula is C15H10N2O2S. The zero-order valence-electron chi connectivity index (χ0n) is 10.9. The van der Waals surface area contributed by atoms with Crippen LogP contribution in [-0.4, -0.2) is 16.1 Å². The number of aryl methyl sites for hydroxylation is 2. The first-order valence-corrected chi connectivity index (χ1v) is 6.52. The van der Waals surface area contributed by atoms with Crippen molar-refractivity contribution >= 4 is 17.3 Å². The molecule has 5 heteroatoms. The third kappa shape index (κ3) is 2.27. The molecule has 0 aliphatic heterocycles. The van der Waals surface area contributed by atoms with Crippen molar-refractivity contribution in [2.45, 2.75) is 13.8 Å². The fraction of sp³-hybridized carbons (Fsp3) is 0.133. The minimum absolute atomic E-state index is 0.206. The van der Waals surface area contributed by atoms with E-state index in [-0.39, 0.29) is 4.88 Å². The first-order valence-electron chi connectivity index (χ1n) is 5.70. The molecule has 0 saturated carbocycles. The molecule has 98 valence electrons. The summed E-state index contributed by atoms with van der Waals surface area (Å²) in [5.74, 6) is 1.50. The van der Waals surface area contributed by atoms with Crippen molar-refractivity contribution in [3.63, 3.8) is 0 Å². The van der Waals surface area contributed by atoms with E-state index in [0.717, 1.165) is 16.9 Å². The van der Waals surface area contributed by atoms with Gasteiger partial charge in [-0.2, -0.15) is 5.26 Å². The normalized spacial score (nSPS) is 9.80. The second kappa shape index (κ2) is 5.16. The molecule has 20 heavy (non-hydrogen) atoms. The molecule has 0 spiro atoms. The molecule has 0 bridgehead atoms. The predicted molar refractivity (Wildman–Crippen MR) is 76.6 cm³/mol. The summed E-state index contributed by atoms with van der Waals surface area (Å²) in [6, 6.07) is 5.52. The van der Waals surface area contributed by atoms with Gasteiger partial charge in [-0.25, -0.2) is 9.78 Å². The second-order valence-electron chi connectivity index (χ2n) is 4.21. The number of carbonyl (C=O) groups is 1. The molecule has 0 radical (unpaired) electrons. The Labute approximate surface area is 120 Å². The van der Waals surface area contributed by atoms with E-state index < -0.39 is 5.97 Å². The Balaban J connectivity index is 2.63. The zero-order chi connectivity index (χ0) is 14.9. The minimum Gasteiger partial charge on any atom is -0.477 e. The van der Waals surface area contributed by atoms with Crippen LogP contribution in [0, 0.1) is 37.5 Å². The lowest BCUT2D eigenvalue weighted by atomic mass is 10.00. The molecule has 1 aromatic heterocycles. The van der Waals surface area contributed by atoms with Crippen LogP contribution in [0.3, 0.4) is 0 Å². The number of terminal acetylenes is 1. The van der Waals surface area contributed by atoms with Gasteiger partial charge in [0.1, 0.15) is 16.0 Å². The van der Waals surface area contributed by atoms with Crippen molar-refractivity contribution in [2.75, 3.05) is 0 Å². The van der Waals surface area contributed by atoms with Crippen LogP contribution in [0.25, 0.3) is 10.6 Å². The highest BCUT2D eigenvalue weighted by Crippen LogP contribution is 2.30. The molecule has 0 unspecified atom stereocenters. The van der Waals surface area contributed by atoms with E-state index >= 15 is 0 Å². The van der Waals surface area contributed by atoms with E-state index in [0.29, 0.717) is 27.4 Å². The van der Waals surface area contributed by atoms with Crippen LogP contribution in [0.2, 0.25) is 0 Å². The Morgan fingerprint density at radius 2 is 2.15 bits per heavy atom. The summed E-state index contributed by atoms with van der Waals surface area (Å²) >= 11 is 1.09. The lowest BCUT2D eigenvalue weighted by molar-refractivity contribution is 0.0701. The quantitative estimate of drug-likeness (QED) is 0.859. The van der Waals surface area contributed by atoms with Crippen LogP contribution in [0.1, 0.15) is 32.1 Å². The van der Waals surface area contributed by atoms with Crippen molar-refractivity contribution < 1.29 is 9.90 Å². The van der Waals surface area contributed by atoms with Gasteiger partial charge in [0.25, 0.3) is 0 Å². The number of aromatic carboxylic acids is 1. The molecule has 0 amide bonds. The maximum absolute atomic E-state index is 11.0. The molecular weight excluding hydrogens is 272 g/mol. The number of hydrogen-bond donors (Lipinski definition) is 1. The van der Waals surface area contributed by atoms with E-state index in [1.807, 2.05) is 13.0 Å². The Morgan fingerprint density at radius 1 is 1.45 bits per heavy atom. The standard InChI is InChI=1S/C15H10N2O2S/c1-4-12-8(2)5-10(6-11(12)7-16)14-17-9(3)13(20-14)15(18)19/h1,5-6H,2-3H3,(H,18,19). The molecule has 0 aliphatic carbocycles. The monoisotopic (exact) mass is 282 g/mol. The van der Waals surface area contributed by atoms with Crippen molar-refractivity contribution in [3.05, 3.63) is 39.4 Å². The van der Waals surface area contributed by atoms with Gasteiger partial charge in [0.05, 0.1) is 11.3 Å². The number of rotatable bonds is 2. The SMILES string of the molecule is C#Cc1c(C)cc(-c2nc(C)c(C(=O)O)s2)cc1C#N. The van der Waals surface area contributed by atoms with Crippen LogP contribution < -0.4 is 0 Å². The van der Waals surface area contributed by atoms with Gasteiger partial charge < -0.3 is 5.11 Å². The van der Waals surface area contributed by atoms with Gasteiger partial charge >= 0.3 is 5.97 Å². The fourth-order valence-electron chi connectivity index (χ4n) is 1.91. The number of carboxylic acids is 1. The number of nitrogens with zero attached hydrogens (tertiary/aromatic N) is 2. The highest BCUT2D eigenvalue weighted by atomic mass is 32.1. The van der Waals surface area contributed by atoms with Crippen molar-refractivity contribution in [1.82, 2.24) is 4.98 Å². The van der Waals surface area contributed by atoms with E-state index in [1.165, 1.54) is 0 Å². The highest BCUT2D eigenvalue weighted by Gasteiger charge is 2.16. The van der Waals surface area contributed by atoms with E-state index in [1.54, 1.807) is 13.0 Å². The molecule has 2 rings (SSSR count). The number of thiazole rings is 1. The Kier molecular flexibility index (Phi) is 3.56. The summed E-state index contributed by atoms with van der Waals surface area (Å²) in [4.78, 5) is 15.5. The molecule has 0 saturated heterocycles. The summed E-state index contributed by atoms with van der Waals surface area (Å²) in [6.07, 6.45) is 5.39. The maximum atomic E-state index is 11.0. The Bertz CT molecular complexity index is 791. The number of nitriles is 1. The first kappa shape index (κ1) is 13.8. The average Bonchev–Trinajstić information content (AvgIpc) is 2.80. The summed E-state index contributed by atoms with van der Waals surface area (Å²) in [5.41, 5.74) is 2.93. The number of carboxylic acid groups (broad SMARTS) is 1. The zero-order valence-corrected chi connectivity index (χ0v) is 11.7. The average molecular weight is 282 g/mol. The molecule has 1 aromatic carbocycles. The largest absolute Gasteiger partial charge is 0.477 e. The third-order valence-electron chi connectivity index (χ3n) is 2.84. The fourth-order valence-corrected chi connectivity index (χ4v) is 2.80. The molecule has 0 fully saturated rings. The van der Waals surface area contributed by atoms with Crippen molar-refractivity contribution in [1.29, 1.82) is 5.26 Å². The van der Waals surface area contributed by atoms with Gasteiger partial charge in [0, 0.05) is 11.1 Å². The topological polar surface area (TPSA) is 74.0 Å². The van der Waals surface area contributed by atoms with Crippen LogP contribution in [0.5, 0.6) is 0 Å². The number of aromatic nitrogens is 1. The summed E-state index contributed by atoms with van der Waals surface area (Å²) < 4.78 is 0. The lowest BCUT2D eigenvalue weighted by Gasteiger charge is -2.04. The summed E-state index contributed by atoms with van der Waals surface area (Å²) in [7, 11) is 0. The maximum Gasteiger partial charge on any atom is 0.347 e. The highest BCUT2D eigenvalue weighted by molar-refractivity contribution is 7.17. The molecule has 0 atom stereocenters. The smallest absolute Gasteiger partial charge is 0.347 e. The Hall–Kier alpha value is -2.63. The second-order valence-corrected chi connectivity index (χ2v) is 5.21. The van der Waals surface area contributed by atoms with E-state index in [4.69, 9.17) is 16.8 Å². The van der Waals surface area contributed by atoms with Crippen LogP contribution in [0.4, 0.5) is 0 Å². The van der Waals surface area contributed by atoms with Crippen LogP contribution >= 0.6 is 11.3 Å². The molecule has 1 heterocycles. The van der Waals surface area contributed by atoms with Gasteiger partial charge in [-0.3, -0.25) is 0 Å². The molecule has 4 nitrogen and oxygen atoms in total. The van der Waals surface area contributed by atoms with Gasteiger partial charge in [-0.1, -0.05) is 5.92 Å². The number of hydrogen-bond acceptors (Lipinski definition) is 4. The first-order chi connectivity index (χ1) is 9.47. The molecule has 2 aromatic rings. The summed E-state index contributed by atoms with van der Waals surface area (Å²) in [5, 5.41) is 18.8. The van der Waals surface area contributed by atoms with Gasteiger partial charge in [-0.15, -0.1) is 17.8 Å². The van der Waals surface area contributed by atoms with Gasteiger partial charge in [0.2, 0.25) is 0 Å². The van der Waals surface area contributed by atoms with Gasteiger partial charge in [-0.05, 0) is 31.5 Å². The van der Waals surface area contributed by atoms with Crippen molar-refractivity contribution in [3.8, 4) is 29.0 Å². The lowest BCUT2D eigenvalue weighted by Crippen LogP contribution is -1.94. The predicted octanol–water partition coefficient (Wildman–Crippen LogP) is 2.98. The minimum atomic E-state index is -0.997. The van der Waals surface area contributed by atoms with Gasteiger partial charge in [0.15, 0.2) is 0 Å².